The molecule has 0 saturated heterocycles. The number of hydrogen-bond acceptors (Lipinski definition) is 4. The van der Waals surface area contributed by atoms with Gasteiger partial charge in [-0.25, -0.2) is 0 Å². The van der Waals surface area contributed by atoms with Crippen molar-refractivity contribution in [1.82, 2.24) is 10.2 Å². The van der Waals surface area contributed by atoms with Crippen molar-refractivity contribution in [2.24, 2.45) is 0 Å². The molecule has 0 bridgehead atoms. The lowest BCUT2D eigenvalue weighted by Crippen LogP contribution is -2.26. The fourth-order valence-electron chi connectivity index (χ4n) is 2.44. The predicted molar refractivity (Wildman–Crippen MR) is 114 cm³/mol. The van der Waals surface area contributed by atoms with E-state index in [2.05, 4.69) is 10.2 Å². The van der Waals surface area contributed by atoms with Gasteiger partial charge in [-0.3, -0.25) is 0 Å². The summed E-state index contributed by atoms with van der Waals surface area (Å²) in [6, 6.07) is 9.06. The molecular weight excluding hydrogens is 407 g/mol. The summed E-state index contributed by atoms with van der Waals surface area (Å²) in [7, 11) is 4.08. The van der Waals surface area contributed by atoms with E-state index < -0.39 is 0 Å². The average Bonchev–Trinajstić information content (AvgIpc) is 2.61. The zero-order valence-corrected chi connectivity index (χ0v) is 18.1. The van der Waals surface area contributed by atoms with Crippen molar-refractivity contribution in [3.8, 4) is 11.5 Å². The fourth-order valence-corrected chi connectivity index (χ4v) is 3.17. The van der Waals surface area contributed by atoms with Gasteiger partial charge in [0.15, 0.2) is 11.5 Å². The first-order chi connectivity index (χ1) is 12.9. The maximum absolute atomic E-state index is 6.45. The highest BCUT2D eigenvalue weighted by Gasteiger charge is 2.13. The second-order valence-corrected chi connectivity index (χ2v) is 7.51. The largest absolute Gasteiger partial charge is 0.490 e. The van der Waals surface area contributed by atoms with E-state index >= 15 is 0 Å². The number of nitrogens with one attached hydrogen (secondary N) is 1. The summed E-state index contributed by atoms with van der Waals surface area (Å²) >= 11 is 18.9. The van der Waals surface area contributed by atoms with Gasteiger partial charge in [0.25, 0.3) is 0 Å². The summed E-state index contributed by atoms with van der Waals surface area (Å²) in [5.74, 6) is 1.21. The minimum atomic E-state index is 0.231. The zero-order chi connectivity index (χ0) is 19.8. The van der Waals surface area contributed by atoms with Crippen molar-refractivity contribution < 1.29 is 9.47 Å². The van der Waals surface area contributed by atoms with Crippen LogP contribution in [-0.2, 0) is 13.2 Å². The number of benzene rings is 2. The van der Waals surface area contributed by atoms with Crippen LogP contribution in [0.4, 0.5) is 0 Å². The average molecular weight is 432 g/mol. The van der Waals surface area contributed by atoms with E-state index in [1.165, 1.54) is 0 Å². The number of ether oxygens (including phenoxy) is 2. The molecule has 0 heterocycles. The molecule has 4 nitrogen and oxygen atoms in total. The smallest absolute Gasteiger partial charge is 0.163 e. The van der Waals surface area contributed by atoms with Gasteiger partial charge in [0.05, 0.1) is 6.61 Å². The Hall–Kier alpha value is -1.17. The minimum absolute atomic E-state index is 0.231. The van der Waals surface area contributed by atoms with E-state index in [1.54, 1.807) is 24.3 Å². The molecule has 0 aliphatic carbocycles. The van der Waals surface area contributed by atoms with Crippen LogP contribution in [0.15, 0.2) is 30.3 Å². The van der Waals surface area contributed by atoms with Gasteiger partial charge in [-0.05, 0) is 44.8 Å². The van der Waals surface area contributed by atoms with E-state index in [0.717, 1.165) is 24.2 Å². The molecule has 0 aliphatic rings. The van der Waals surface area contributed by atoms with Crippen LogP contribution in [-0.4, -0.2) is 38.7 Å². The van der Waals surface area contributed by atoms with Crippen LogP contribution in [0, 0.1) is 0 Å². The lowest BCUT2D eigenvalue weighted by Gasteiger charge is -2.16. The SMILES string of the molecule is CCOc1cc(CNCCN(C)C)c(Cl)cc1OCc1c(Cl)cccc1Cl. The van der Waals surface area contributed by atoms with Crippen LogP contribution in [0.2, 0.25) is 15.1 Å². The predicted octanol–water partition coefficient (Wildman–Crippen LogP) is 5.28. The van der Waals surface area contributed by atoms with Gasteiger partial charge in [-0.1, -0.05) is 40.9 Å². The molecule has 0 spiro atoms. The van der Waals surface area contributed by atoms with Crippen LogP contribution < -0.4 is 14.8 Å². The molecule has 2 rings (SSSR count). The monoisotopic (exact) mass is 430 g/mol. The summed E-state index contributed by atoms with van der Waals surface area (Å²) in [4.78, 5) is 2.12. The van der Waals surface area contributed by atoms with Crippen molar-refractivity contribution in [3.05, 3.63) is 56.5 Å². The third-order valence-corrected chi connectivity index (χ3v) is 4.96. The van der Waals surface area contributed by atoms with Gasteiger partial charge in [0, 0.05) is 46.3 Å². The first-order valence-corrected chi connectivity index (χ1v) is 9.92. The number of hydrogen-bond donors (Lipinski definition) is 1. The second kappa shape index (κ2) is 11.0. The Kier molecular flexibility index (Phi) is 9.00. The number of likely N-dealkylation sites (N-methyl/N-ethyl adjacent to an activating group) is 1. The van der Waals surface area contributed by atoms with E-state index in [4.69, 9.17) is 44.3 Å². The van der Waals surface area contributed by atoms with Gasteiger partial charge in [0.1, 0.15) is 6.61 Å². The molecule has 0 saturated carbocycles. The molecule has 1 N–H and O–H groups in total. The van der Waals surface area contributed by atoms with Crippen molar-refractivity contribution in [2.75, 3.05) is 33.8 Å². The molecule has 2 aromatic carbocycles. The Morgan fingerprint density at radius 2 is 1.63 bits per heavy atom. The Bertz CT molecular complexity index is 734. The summed E-state index contributed by atoms with van der Waals surface area (Å²) in [6.07, 6.45) is 0. The lowest BCUT2D eigenvalue weighted by molar-refractivity contribution is 0.269. The molecule has 27 heavy (non-hydrogen) atoms. The van der Waals surface area contributed by atoms with Crippen LogP contribution in [0.5, 0.6) is 11.5 Å². The lowest BCUT2D eigenvalue weighted by atomic mass is 10.2. The summed E-state index contributed by atoms with van der Waals surface area (Å²) in [5.41, 5.74) is 1.69. The van der Waals surface area contributed by atoms with E-state index in [-0.39, 0.29) is 6.61 Å². The van der Waals surface area contributed by atoms with Crippen LogP contribution in [0.3, 0.4) is 0 Å². The van der Waals surface area contributed by atoms with Crippen LogP contribution in [0.25, 0.3) is 0 Å². The van der Waals surface area contributed by atoms with Gasteiger partial charge < -0.3 is 19.7 Å². The van der Waals surface area contributed by atoms with Gasteiger partial charge in [0.2, 0.25) is 0 Å². The fraction of sp³-hybridized carbons (Fsp3) is 0.400. The molecule has 0 amide bonds. The highest BCUT2D eigenvalue weighted by Crippen LogP contribution is 2.35. The molecule has 0 unspecified atom stereocenters. The molecule has 0 aromatic heterocycles. The van der Waals surface area contributed by atoms with Crippen molar-refractivity contribution >= 4 is 34.8 Å². The first-order valence-electron chi connectivity index (χ1n) is 8.78. The third kappa shape index (κ3) is 6.74. The maximum atomic E-state index is 6.45. The molecule has 0 aliphatic heterocycles. The van der Waals surface area contributed by atoms with E-state index in [9.17, 15) is 0 Å². The van der Waals surface area contributed by atoms with E-state index in [1.807, 2.05) is 27.1 Å². The molecule has 0 fully saturated rings. The number of rotatable bonds is 10. The Morgan fingerprint density at radius 3 is 2.26 bits per heavy atom. The zero-order valence-electron chi connectivity index (χ0n) is 15.8. The van der Waals surface area contributed by atoms with E-state index in [0.29, 0.717) is 39.7 Å². The summed E-state index contributed by atoms with van der Waals surface area (Å²) in [6.45, 7) is 5.17. The topological polar surface area (TPSA) is 33.7 Å². The van der Waals surface area contributed by atoms with Crippen LogP contribution in [0.1, 0.15) is 18.1 Å². The van der Waals surface area contributed by atoms with Gasteiger partial charge in [-0.2, -0.15) is 0 Å². The first kappa shape index (κ1) is 22.1. The van der Waals surface area contributed by atoms with Gasteiger partial charge >= 0.3 is 0 Å². The highest BCUT2D eigenvalue weighted by atomic mass is 35.5. The number of halogens is 3. The standard InChI is InChI=1S/C20H25Cl3N2O2/c1-4-26-19-10-14(12-24-8-9-25(2)3)18(23)11-20(19)27-13-15-16(21)6-5-7-17(15)22/h5-7,10-11,24H,4,8-9,12-13H2,1-3H3. The molecule has 7 heteroatoms. The molecule has 0 atom stereocenters. The molecule has 148 valence electrons. The van der Waals surface area contributed by atoms with Crippen molar-refractivity contribution in [3.63, 3.8) is 0 Å². The normalized spacial score (nSPS) is 11.1. The van der Waals surface area contributed by atoms with Crippen molar-refractivity contribution in [1.29, 1.82) is 0 Å². The third-order valence-electron chi connectivity index (χ3n) is 3.90. The molecule has 2 aromatic rings. The molecule has 0 radical (unpaired) electrons. The quantitative estimate of drug-likeness (QED) is 0.519. The molecular formula is C20H25Cl3N2O2. The Labute approximate surface area is 176 Å². The Morgan fingerprint density at radius 1 is 0.963 bits per heavy atom. The summed E-state index contributed by atoms with van der Waals surface area (Å²) in [5, 5.41) is 5.13. The van der Waals surface area contributed by atoms with Crippen molar-refractivity contribution in [2.45, 2.75) is 20.1 Å². The number of nitrogens with zero attached hydrogens (tertiary/aromatic N) is 1. The minimum Gasteiger partial charge on any atom is -0.490 e. The van der Waals surface area contributed by atoms with Gasteiger partial charge in [-0.15, -0.1) is 0 Å². The summed E-state index contributed by atoms with van der Waals surface area (Å²) < 4.78 is 11.7. The Balaban J connectivity index is 2.12. The van der Waals surface area contributed by atoms with Crippen LogP contribution >= 0.6 is 34.8 Å². The maximum Gasteiger partial charge on any atom is 0.163 e. The second-order valence-electron chi connectivity index (χ2n) is 6.29. The highest BCUT2D eigenvalue weighted by molar-refractivity contribution is 6.36.